The Morgan fingerprint density at radius 2 is 1.95 bits per heavy atom. The molecule has 108 valence electrons. The number of carbonyl (C=O) groups excluding carboxylic acids is 2. The summed E-state index contributed by atoms with van der Waals surface area (Å²) in [6.07, 6.45) is -4.35. The molecule has 0 aromatic heterocycles. The van der Waals surface area contributed by atoms with Crippen LogP contribution in [-0.4, -0.2) is 24.3 Å². The molecule has 1 aromatic rings. The molecule has 1 aliphatic heterocycles. The van der Waals surface area contributed by atoms with Gasteiger partial charge in [0.25, 0.3) is 0 Å². The van der Waals surface area contributed by atoms with Gasteiger partial charge in [0.15, 0.2) is 0 Å². The van der Waals surface area contributed by atoms with E-state index < -0.39 is 29.7 Å². The van der Waals surface area contributed by atoms with Gasteiger partial charge < -0.3 is 5.32 Å². The summed E-state index contributed by atoms with van der Waals surface area (Å²) in [6.45, 7) is 1.46. The fourth-order valence-corrected chi connectivity index (χ4v) is 2.58. The zero-order chi connectivity index (χ0) is 14.9. The number of hydrogen-bond acceptors (Lipinski definition) is 3. The Hall–Kier alpha value is -1.69. The molecular formula is C14H14F3NO2. The molecule has 1 aromatic carbocycles. The Balaban J connectivity index is 2.42. The molecule has 3 nitrogen and oxygen atoms in total. The van der Waals surface area contributed by atoms with E-state index in [1.807, 2.05) is 0 Å². The van der Waals surface area contributed by atoms with Gasteiger partial charge in [0.1, 0.15) is 11.7 Å². The fraction of sp³-hybridized carbons (Fsp3) is 0.429. The van der Waals surface area contributed by atoms with E-state index in [-0.39, 0.29) is 0 Å². The van der Waals surface area contributed by atoms with Crippen molar-refractivity contribution in [2.45, 2.75) is 25.6 Å². The zero-order valence-electron chi connectivity index (χ0n) is 10.8. The van der Waals surface area contributed by atoms with Crippen LogP contribution in [0.2, 0.25) is 0 Å². The van der Waals surface area contributed by atoms with E-state index >= 15 is 0 Å². The largest absolute Gasteiger partial charge is 0.450 e. The molecule has 1 N–H and O–H groups in total. The van der Waals surface area contributed by atoms with Gasteiger partial charge in [0.05, 0.1) is 0 Å². The number of rotatable bonds is 3. The van der Waals surface area contributed by atoms with Crippen molar-refractivity contribution < 1.29 is 22.8 Å². The van der Waals surface area contributed by atoms with Crippen molar-refractivity contribution in [2.75, 3.05) is 6.54 Å². The van der Waals surface area contributed by atoms with Gasteiger partial charge in [-0.05, 0) is 31.0 Å². The summed E-state index contributed by atoms with van der Waals surface area (Å²) in [5.74, 6) is -4.49. The maximum atomic E-state index is 12.7. The summed E-state index contributed by atoms with van der Waals surface area (Å²) < 4.78 is 38.0. The molecule has 0 bridgehead atoms. The smallest absolute Gasteiger partial charge is 0.309 e. The molecule has 1 heterocycles. The summed E-state index contributed by atoms with van der Waals surface area (Å²) in [4.78, 5) is 23.1. The van der Waals surface area contributed by atoms with Crippen LogP contribution < -0.4 is 5.32 Å². The monoisotopic (exact) mass is 285 g/mol. The molecule has 2 rings (SSSR count). The van der Waals surface area contributed by atoms with Crippen molar-refractivity contribution in [1.29, 1.82) is 0 Å². The predicted molar refractivity (Wildman–Crippen MR) is 66.1 cm³/mol. The Morgan fingerprint density at radius 1 is 1.30 bits per heavy atom. The highest BCUT2D eigenvalue weighted by atomic mass is 19.4. The van der Waals surface area contributed by atoms with Crippen LogP contribution in [0.1, 0.15) is 24.1 Å². The van der Waals surface area contributed by atoms with Crippen molar-refractivity contribution in [3.05, 3.63) is 35.4 Å². The van der Waals surface area contributed by atoms with Crippen molar-refractivity contribution in [3.63, 3.8) is 0 Å². The maximum absolute atomic E-state index is 12.7. The van der Waals surface area contributed by atoms with Crippen LogP contribution in [0, 0.1) is 5.92 Å². The molecule has 0 spiro atoms. The molecule has 0 saturated heterocycles. The molecule has 0 fully saturated rings. The lowest BCUT2D eigenvalue weighted by molar-refractivity contribution is -0.177. The van der Waals surface area contributed by atoms with E-state index in [2.05, 4.69) is 5.32 Å². The zero-order valence-corrected chi connectivity index (χ0v) is 10.8. The number of benzene rings is 1. The quantitative estimate of drug-likeness (QED) is 0.866. The minimum atomic E-state index is -5.01. The SMILES string of the molecule is CC(=O)[C@H](C(=O)C(F)(F)F)[C@@H]1NCCc2ccccc21. The predicted octanol–water partition coefficient (Wildman–Crippen LogP) is 2.21. The molecule has 20 heavy (non-hydrogen) atoms. The van der Waals surface area contributed by atoms with Crippen molar-refractivity contribution in [1.82, 2.24) is 5.32 Å². The van der Waals surface area contributed by atoms with Crippen LogP contribution in [0.4, 0.5) is 13.2 Å². The lowest BCUT2D eigenvalue weighted by Gasteiger charge is -2.31. The van der Waals surface area contributed by atoms with Gasteiger partial charge in [0.2, 0.25) is 5.78 Å². The van der Waals surface area contributed by atoms with Crippen molar-refractivity contribution in [2.24, 2.45) is 5.92 Å². The van der Waals surface area contributed by atoms with Crippen LogP contribution in [0.5, 0.6) is 0 Å². The van der Waals surface area contributed by atoms with Gasteiger partial charge in [-0.1, -0.05) is 24.3 Å². The minimum Gasteiger partial charge on any atom is -0.309 e. The van der Waals surface area contributed by atoms with Crippen LogP contribution >= 0.6 is 0 Å². The Bertz CT molecular complexity index is 539. The average molecular weight is 285 g/mol. The first kappa shape index (κ1) is 14.7. The second-order valence-corrected chi connectivity index (χ2v) is 4.83. The second kappa shape index (κ2) is 5.36. The number of halogens is 3. The van der Waals surface area contributed by atoms with Crippen molar-refractivity contribution >= 4 is 11.6 Å². The van der Waals surface area contributed by atoms with E-state index in [0.29, 0.717) is 18.5 Å². The van der Waals surface area contributed by atoms with Gasteiger partial charge in [-0.2, -0.15) is 13.2 Å². The highest BCUT2D eigenvalue weighted by Gasteiger charge is 2.49. The lowest BCUT2D eigenvalue weighted by atomic mass is 9.82. The summed E-state index contributed by atoms with van der Waals surface area (Å²) >= 11 is 0. The molecule has 2 atom stereocenters. The highest BCUT2D eigenvalue weighted by Crippen LogP contribution is 2.34. The van der Waals surface area contributed by atoms with Crippen LogP contribution in [-0.2, 0) is 16.0 Å². The first-order valence-corrected chi connectivity index (χ1v) is 6.25. The third-order valence-electron chi connectivity index (χ3n) is 3.48. The van der Waals surface area contributed by atoms with Crippen LogP contribution in [0.25, 0.3) is 0 Å². The molecule has 0 saturated carbocycles. The number of Topliss-reactive ketones (excluding diaryl/α,β-unsaturated/α-hetero) is 2. The number of nitrogens with one attached hydrogen (secondary N) is 1. The number of carbonyl (C=O) groups is 2. The van der Waals surface area contributed by atoms with E-state index in [9.17, 15) is 22.8 Å². The number of alkyl halides is 3. The lowest BCUT2D eigenvalue weighted by Crippen LogP contribution is -2.45. The second-order valence-electron chi connectivity index (χ2n) is 4.83. The Morgan fingerprint density at radius 3 is 2.55 bits per heavy atom. The number of hydrogen-bond donors (Lipinski definition) is 1. The number of fused-ring (bicyclic) bond motifs is 1. The third-order valence-corrected chi connectivity index (χ3v) is 3.48. The molecule has 0 unspecified atom stereocenters. The van der Waals surface area contributed by atoms with E-state index in [0.717, 1.165) is 12.5 Å². The highest BCUT2D eigenvalue weighted by molar-refractivity contribution is 6.04. The molecular weight excluding hydrogens is 271 g/mol. The normalized spacial score (nSPS) is 20.1. The molecule has 0 radical (unpaired) electrons. The number of ketones is 2. The van der Waals surface area contributed by atoms with E-state index in [1.165, 1.54) is 0 Å². The Kier molecular flexibility index (Phi) is 3.94. The first-order valence-electron chi connectivity index (χ1n) is 6.25. The molecule has 0 amide bonds. The molecule has 1 aliphatic rings. The van der Waals surface area contributed by atoms with Gasteiger partial charge in [-0.3, -0.25) is 9.59 Å². The van der Waals surface area contributed by atoms with Gasteiger partial charge >= 0.3 is 6.18 Å². The standard InChI is InChI=1S/C14H14F3NO2/c1-8(19)11(13(20)14(15,16)17)12-10-5-3-2-4-9(10)6-7-18-12/h2-5,11-12,18H,6-7H2,1H3/t11-,12+/m0/s1. The van der Waals surface area contributed by atoms with E-state index in [1.54, 1.807) is 24.3 Å². The molecule has 6 heteroatoms. The summed E-state index contributed by atoms with van der Waals surface area (Å²) in [5, 5.41) is 2.87. The topological polar surface area (TPSA) is 46.2 Å². The maximum Gasteiger partial charge on any atom is 0.450 e. The van der Waals surface area contributed by atoms with Crippen LogP contribution in [0.3, 0.4) is 0 Å². The average Bonchev–Trinajstić information content (AvgIpc) is 2.37. The minimum absolute atomic E-state index is 0.441. The Labute approximate surface area is 114 Å². The fourth-order valence-electron chi connectivity index (χ4n) is 2.58. The van der Waals surface area contributed by atoms with Crippen molar-refractivity contribution in [3.8, 4) is 0 Å². The van der Waals surface area contributed by atoms with Crippen LogP contribution in [0.15, 0.2) is 24.3 Å². The third kappa shape index (κ3) is 2.75. The summed E-state index contributed by atoms with van der Waals surface area (Å²) in [6, 6.07) is 6.03. The van der Waals surface area contributed by atoms with E-state index in [4.69, 9.17) is 0 Å². The summed E-state index contributed by atoms with van der Waals surface area (Å²) in [7, 11) is 0. The first-order chi connectivity index (χ1) is 9.32. The summed E-state index contributed by atoms with van der Waals surface area (Å²) in [5.41, 5.74) is 1.47. The molecule has 0 aliphatic carbocycles. The van der Waals surface area contributed by atoms with Gasteiger partial charge in [0, 0.05) is 6.04 Å². The van der Waals surface area contributed by atoms with Gasteiger partial charge in [-0.15, -0.1) is 0 Å². The van der Waals surface area contributed by atoms with Gasteiger partial charge in [-0.25, -0.2) is 0 Å².